The highest BCUT2D eigenvalue weighted by Crippen LogP contribution is 2.46. The number of rotatable bonds is 10. The molecule has 0 spiro atoms. The molecule has 2 atom stereocenters. The second-order valence-corrected chi connectivity index (χ2v) is 8.69. The highest BCUT2D eigenvalue weighted by Gasteiger charge is 2.42. The predicted molar refractivity (Wildman–Crippen MR) is 115 cm³/mol. The van der Waals surface area contributed by atoms with E-state index in [-0.39, 0.29) is 23.6 Å². The highest BCUT2D eigenvalue weighted by atomic mass is 19.1. The summed E-state index contributed by atoms with van der Waals surface area (Å²) in [6.07, 6.45) is 5.78. The van der Waals surface area contributed by atoms with Crippen molar-refractivity contribution in [2.45, 2.75) is 70.9 Å². The Morgan fingerprint density at radius 3 is 2.58 bits per heavy atom. The van der Waals surface area contributed by atoms with Gasteiger partial charge in [0.15, 0.2) is 6.04 Å². The summed E-state index contributed by atoms with van der Waals surface area (Å²) >= 11 is 0. The monoisotopic (exact) mass is 433 g/mol. The van der Waals surface area contributed by atoms with Gasteiger partial charge in [-0.2, -0.15) is 0 Å². The SMILES string of the molecule is C=CCC(CC)(CC)COc1cc(F)c(C(=O)N2CO[C@@H](C)[C@@H]2C(=O)O)cc1C1CC1. The Labute approximate surface area is 183 Å². The van der Waals surface area contributed by atoms with Crippen LogP contribution in [0.25, 0.3) is 0 Å². The lowest BCUT2D eigenvalue weighted by atomic mass is 9.80. The lowest BCUT2D eigenvalue weighted by molar-refractivity contribution is -0.142. The first-order valence-electron chi connectivity index (χ1n) is 11.0. The zero-order valence-corrected chi connectivity index (χ0v) is 18.5. The molecule has 2 fully saturated rings. The van der Waals surface area contributed by atoms with Gasteiger partial charge in [0.05, 0.1) is 18.3 Å². The fourth-order valence-corrected chi connectivity index (χ4v) is 4.21. The summed E-state index contributed by atoms with van der Waals surface area (Å²) in [5, 5.41) is 9.46. The van der Waals surface area contributed by atoms with E-state index in [0.717, 1.165) is 42.6 Å². The van der Waals surface area contributed by atoms with Gasteiger partial charge < -0.3 is 14.6 Å². The summed E-state index contributed by atoms with van der Waals surface area (Å²) in [5.41, 5.74) is 0.608. The van der Waals surface area contributed by atoms with E-state index in [1.807, 2.05) is 6.08 Å². The quantitative estimate of drug-likeness (QED) is 0.540. The molecule has 0 radical (unpaired) electrons. The average Bonchev–Trinajstić information content (AvgIpc) is 3.51. The topological polar surface area (TPSA) is 76.1 Å². The second kappa shape index (κ2) is 9.39. The molecule has 1 N–H and O–H groups in total. The lowest BCUT2D eigenvalue weighted by Gasteiger charge is -2.31. The first kappa shape index (κ1) is 23.3. The minimum Gasteiger partial charge on any atom is -0.493 e. The summed E-state index contributed by atoms with van der Waals surface area (Å²) in [6, 6.07) is 1.68. The van der Waals surface area contributed by atoms with Crippen LogP contribution in [-0.4, -0.2) is 47.4 Å². The summed E-state index contributed by atoms with van der Waals surface area (Å²) < 4.78 is 26.5. The number of carboxylic acid groups (broad SMARTS) is 1. The molecule has 1 saturated heterocycles. The Morgan fingerprint density at radius 2 is 2.03 bits per heavy atom. The average molecular weight is 434 g/mol. The Balaban J connectivity index is 1.88. The number of hydrogen-bond donors (Lipinski definition) is 1. The van der Waals surface area contributed by atoms with Crippen molar-refractivity contribution >= 4 is 11.9 Å². The molecule has 6 nitrogen and oxygen atoms in total. The zero-order chi connectivity index (χ0) is 22.8. The number of nitrogens with zero attached hydrogens (tertiary/aromatic N) is 1. The largest absolute Gasteiger partial charge is 0.493 e. The number of aliphatic carboxylic acids is 1. The van der Waals surface area contributed by atoms with E-state index in [2.05, 4.69) is 20.4 Å². The molecule has 170 valence electrons. The molecule has 1 amide bonds. The van der Waals surface area contributed by atoms with Gasteiger partial charge in [-0.3, -0.25) is 9.69 Å². The number of carbonyl (C=O) groups is 2. The second-order valence-electron chi connectivity index (χ2n) is 8.69. The Bertz CT molecular complexity index is 847. The zero-order valence-electron chi connectivity index (χ0n) is 18.5. The molecule has 1 saturated carbocycles. The van der Waals surface area contributed by atoms with Gasteiger partial charge in [-0.15, -0.1) is 6.58 Å². The standard InChI is InChI=1S/C24H32FNO5/c1-5-10-24(6-2,7-3)13-30-20-12-19(25)18(11-17(20)16-8-9-16)22(27)26-14-31-15(4)21(26)23(28)29/h5,11-12,15-16,21H,1,6-10,13-14H2,2-4H3,(H,28,29)/t15-,21+/m0/s1. The van der Waals surface area contributed by atoms with Gasteiger partial charge in [0.2, 0.25) is 0 Å². The van der Waals surface area contributed by atoms with E-state index < -0.39 is 29.8 Å². The minimum absolute atomic E-state index is 0.0642. The van der Waals surface area contributed by atoms with Crippen LogP contribution in [0.5, 0.6) is 5.75 Å². The Kier molecular flexibility index (Phi) is 7.04. The van der Waals surface area contributed by atoms with Gasteiger partial charge in [-0.25, -0.2) is 9.18 Å². The summed E-state index contributed by atoms with van der Waals surface area (Å²) in [5.74, 6) is -1.86. The van der Waals surface area contributed by atoms with Gasteiger partial charge in [0.1, 0.15) is 18.3 Å². The maximum absolute atomic E-state index is 15.0. The molecule has 1 heterocycles. The van der Waals surface area contributed by atoms with Crippen LogP contribution < -0.4 is 4.74 Å². The van der Waals surface area contributed by atoms with Crippen molar-refractivity contribution in [1.82, 2.24) is 4.90 Å². The normalized spacial score (nSPS) is 21.2. The third-order valence-corrected chi connectivity index (χ3v) is 6.73. The van der Waals surface area contributed by atoms with Crippen LogP contribution in [-0.2, 0) is 9.53 Å². The third kappa shape index (κ3) is 4.76. The van der Waals surface area contributed by atoms with Crippen LogP contribution in [0, 0.1) is 11.2 Å². The maximum atomic E-state index is 15.0. The van der Waals surface area contributed by atoms with E-state index >= 15 is 4.39 Å². The molecule has 3 rings (SSSR count). The van der Waals surface area contributed by atoms with Crippen molar-refractivity contribution in [2.24, 2.45) is 5.41 Å². The molecule has 1 aromatic rings. The number of benzene rings is 1. The Hall–Kier alpha value is -2.41. The molecule has 0 aromatic heterocycles. The van der Waals surface area contributed by atoms with E-state index in [9.17, 15) is 14.7 Å². The fraction of sp³-hybridized carbons (Fsp3) is 0.583. The number of allylic oxidation sites excluding steroid dienone is 1. The maximum Gasteiger partial charge on any atom is 0.329 e. The van der Waals surface area contributed by atoms with E-state index in [1.54, 1.807) is 13.0 Å². The number of amides is 1. The van der Waals surface area contributed by atoms with Gasteiger partial charge >= 0.3 is 5.97 Å². The fourth-order valence-electron chi connectivity index (χ4n) is 4.21. The van der Waals surface area contributed by atoms with Crippen molar-refractivity contribution in [3.05, 3.63) is 41.7 Å². The molecule has 0 unspecified atom stereocenters. The van der Waals surface area contributed by atoms with Gasteiger partial charge in [0.25, 0.3) is 5.91 Å². The molecule has 1 aromatic carbocycles. The number of hydrogen-bond acceptors (Lipinski definition) is 4. The number of carbonyl (C=O) groups excluding carboxylic acids is 1. The van der Waals surface area contributed by atoms with Crippen molar-refractivity contribution in [3.8, 4) is 5.75 Å². The van der Waals surface area contributed by atoms with Gasteiger partial charge in [0, 0.05) is 11.5 Å². The smallest absolute Gasteiger partial charge is 0.329 e. The van der Waals surface area contributed by atoms with E-state index in [1.165, 1.54) is 6.07 Å². The Morgan fingerprint density at radius 1 is 1.35 bits per heavy atom. The molecule has 31 heavy (non-hydrogen) atoms. The molecule has 7 heteroatoms. The van der Waals surface area contributed by atoms with Crippen LogP contribution >= 0.6 is 0 Å². The number of carboxylic acids is 1. The van der Waals surface area contributed by atoms with E-state index in [4.69, 9.17) is 9.47 Å². The lowest BCUT2D eigenvalue weighted by Crippen LogP contribution is -2.44. The highest BCUT2D eigenvalue weighted by molar-refractivity contribution is 5.97. The van der Waals surface area contributed by atoms with Crippen molar-refractivity contribution in [3.63, 3.8) is 0 Å². The first-order valence-corrected chi connectivity index (χ1v) is 11.0. The van der Waals surface area contributed by atoms with Crippen molar-refractivity contribution < 1.29 is 28.6 Å². The minimum atomic E-state index is -1.17. The van der Waals surface area contributed by atoms with Crippen LogP contribution in [0.3, 0.4) is 0 Å². The van der Waals surface area contributed by atoms with Crippen LogP contribution in [0.15, 0.2) is 24.8 Å². The summed E-state index contributed by atoms with van der Waals surface area (Å²) in [6.45, 7) is 9.92. The molecule has 1 aliphatic carbocycles. The third-order valence-electron chi connectivity index (χ3n) is 6.73. The molecular formula is C24H32FNO5. The summed E-state index contributed by atoms with van der Waals surface area (Å²) in [7, 11) is 0. The molecular weight excluding hydrogens is 401 g/mol. The van der Waals surface area contributed by atoms with Crippen LogP contribution in [0.2, 0.25) is 0 Å². The number of halogens is 1. The first-order chi connectivity index (χ1) is 14.8. The van der Waals surface area contributed by atoms with Crippen molar-refractivity contribution in [2.75, 3.05) is 13.3 Å². The van der Waals surface area contributed by atoms with Gasteiger partial charge in [-0.05, 0) is 56.6 Å². The number of ether oxygens (including phenoxy) is 2. The molecule has 1 aliphatic heterocycles. The van der Waals surface area contributed by atoms with Crippen LogP contribution in [0.4, 0.5) is 4.39 Å². The predicted octanol–water partition coefficient (Wildman–Crippen LogP) is 4.74. The summed E-state index contributed by atoms with van der Waals surface area (Å²) in [4.78, 5) is 25.7. The van der Waals surface area contributed by atoms with E-state index in [0.29, 0.717) is 12.4 Å². The molecule has 2 aliphatic rings. The van der Waals surface area contributed by atoms with Crippen molar-refractivity contribution in [1.29, 1.82) is 0 Å². The molecule has 0 bridgehead atoms. The van der Waals surface area contributed by atoms with Gasteiger partial charge in [-0.1, -0.05) is 19.9 Å². The van der Waals surface area contributed by atoms with Crippen LogP contribution in [0.1, 0.15) is 74.7 Å².